The van der Waals surface area contributed by atoms with Gasteiger partial charge in [-0.3, -0.25) is 0 Å². The molecule has 1 aliphatic rings. The molecule has 0 saturated carbocycles. The lowest BCUT2D eigenvalue weighted by Crippen LogP contribution is -2.35. The van der Waals surface area contributed by atoms with Crippen molar-refractivity contribution in [3.8, 4) is 23.0 Å². The molecule has 2 aromatic carbocycles. The van der Waals surface area contributed by atoms with Gasteiger partial charge in [-0.1, -0.05) is 41.5 Å². The van der Waals surface area contributed by atoms with Crippen LogP contribution in [0.3, 0.4) is 0 Å². The summed E-state index contributed by atoms with van der Waals surface area (Å²) in [7, 11) is 0. The standard InChI is InChI=1S/C23H30O6/c1-22(2,3)13-7-11(8-14(18(13)26)23(4,5)6)21-20(28)19(27)17-15(25)9-12(24)10-16(17)29-21/h7-10,19-21,24-28H,1-6H3/t19-,20+,21?/m0/s1. The van der Waals surface area contributed by atoms with E-state index in [0.29, 0.717) is 16.7 Å². The van der Waals surface area contributed by atoms with Gasteiger partial charge in [-0.2, -0.15) is 0 Å². The normalized spacial score (nSPS) is 22.1. The first-order chi connectivity index (χ1) is 13.2. The molecule has 6 heteroatoms. The van der Waals surface area contributed by atoms with Crippen LogP contribution in [0.4, 0.5) is 0 Å². The maximum atomic E-state index is 10.9. The lowest BCUT2D eigenvalue weighted by atomic mass is 9.77. The predicted octanol–water partition coefficient (Wildman–Crippen LogP) is 3.93. The van der Waals surface area contributed by atoms with Crippen molar-refractivity contribution in [2.45, 2.75) is 70.7 Å². The van der Waals surface area contributed by atoms with E-state index in [1.165, 1.54) is 6.07 Å². The number of hydrogen-bond donors (Lipinski definition) is 5. The molecule has 0 fully saturated rings. The number of hydrogen-bond acceptors (Lipinski definition) is 6. The third-order valence-corrected chi connectivity index (χ3v) is 5.37. The maximum absolute atomic E-state index is 10.9. The molecular weight excluding hydrogens is 372 g/mol. The van der Waals surface area contributed by atoms with Gasteiger partial charge in [0.1, 0.15) is 35.2 Å². The van der Waals surface area contributed by atoms with Crippen LogP contribution >= 0.6 is 0 Å². The Balaban J connectivity index is 2.20. The molecule has 0 saturated heterocycles. The average Bonchev–Trinajstić information content (AvgIpc) is 2.55. The number of ether oxygens (including phenoxy) is 1. The van der Waals surface area contributed by atoms with E-state index in [9.17, 15) is 25.5 Å². The Morgan fingerprint density at radius 3 is 1.79 bits per heavy atom. The summed E-state index contributed by atoms with van der Waals surface area (Å²) in [6.45, 7) is 11.9. The van der Waals surface area contributed by atoms with Crippen molar-refractivity contribution in [2.24, 2.45) is 0 Å². The lowest BCUT2D eigenvalue weighted by Gasteiger charge is -2.36. The smallest absolute Gasteiger partial charge is 0.152 e. The summed E-state index contributed by atoms with van der Waals surface area (Å²) in [5, 5.41) is 52.2. The second kappa shape index (κ2) is 6.82. The van der Waals surface area contributed by atoms with Gasteiger partial charge in [-0.15, -0.1) is 0 Å². The van der Waals surface area contributed by atoms with Crippen LogP contribution in [0.25, 0.3) is 0 Å². The van der Waals surface area contributed by atoms with Gasteiger partial charge < -0.3 is 30.3 Å². The number of aliphatic hydroxyl groups excluding tert-OH is 2. The number of phenolic OH excluding ortho intramolecular Hbond substituents is 3. The number of fused-ring (bicyclic) bond motifs is 1. The Hall–Kier alpha value is -2.44. The molecule has 0 amide bonds. The number of phenols is 3. The molecule has 3 atom stereocenters. The van der Waals surface area contributed by atoms with Crippen molar-refractivity contribution in [1.29, 1.82) is 0 Å². The molecule has 29 heavy (non-hydrogen) atoms. The fraction of sp³-hybridized carbons (Fsp3) is 0.478. The minimum atomic E-state index is -1.39. The van der Waals surface area contributed by atoms with E-state index in [1.54, 1.807) is 12.1 Å². The zero-order chi connectivity index (χ0) is 21.9. The molecule has 0 bridgehead atoms. The Morgan fingerprint density at radius 1 is 0.793 bits per heavy atom. The van der Waals surface area contributed by atoms with Gasteiger partial charge in [0.15, 0.2) is 6.10 Å². The van der Waals surface area contributed by atoms with Gasteiger partial charge in [0.05, 0.1) is 5.56 Å². The molecule has 158 valence electrons. The summed E-state index contributed by atoms with van der Waals surface area (Å²) in [6.07, 6.45) is -3.68. The van der Waals surface area contributed by atoms with Crippen molar-refractivity contribution in [3.63, 3.8) is 0 Å². The zero-order valence-electron chi connectivity index (χ0n) is 17.7. The largest absolute Gasteiger partial charge is 0.508 e. The Labute approximate surface area is 171 Å². The summed E-state index contributed by atoms with van der Waals surface area (Å²) >= 11 is 0. The van der Waals surface area contributed by atoms with Crippen molar-refractivity contribution in [1.82, 2.24) is 0 Å². The quantitative estimate of drug-likeness (QED) is 0.494. The highest BCUT2D eigenvalue weighted by Crippen LogP contribution is 2.48. The third kappa shape index (κ3) is 3.74. The molecule has 6 nitrogen and oxygen atoms in total. The zero-order valence-corrected chi connectivity index (χ0v) is 17.7. The Morgan fingerprint density at radius 2 is 1.31 bits per heavy atom. The highest BCUT2D eigenvalue weighted by Gasteiger charge is 2.40. The van der Waals surface area contributed by atoms with Crippen LogP contribution in [-0.4, -0.2) is 31.6 Å². The molecule has 1 unspecified atom stereocenters. The summed E-state index contributed by atoms with van der Waals surface area (Å²) in [6, 6.07) is 5.94. The van der Waals surface area contributed by atoms with E-state index in [2.05, 4.69) is 0 Å². The second-order valence-corrected chi connectivity index (χ2v) is 9.82. The van der Waals surface area contributed by atoms with Crippen molar-refractivity contribution in [2.75, 3.05) is 0 Å². The van der Waals surface area contributed by atoms with E-state index < -0.39 is 18.3 Å². The van der Waals surface area contributed by atoms with Gasteiger partial charge in [0, 0.05) is 12.1 Å². The molecule has 0 aromatic heterocycles. The minimum Gasteiger partial charge on any atom is -0.508 e. The van der Waals surface area contributed by atoms with E-state index in [-0.39, 0.29) is 39.4 Å². The van der Waals surface area contributed by atoms with Crippen molar-refractivity contribution < 1.29 is 30.3 Å². The second-order valence-electron chi connectivity index (χ2n) is 9.82. The summed E-state index contributed by atoms with van der Waals surface area (Å²) < 4.78 is 5.93. The first-order valence-corrected chi connectivity index (χ1v) is 9.68. The van der Waals surface area contributed by atoms with Crippen molar-refractivity contribution in [3.05, 3.63) is 46.5 Å². The van der Waals surface area contributed by atoms with Crippen LogP contribution in [0.1, 0.15) is 76.0 Å². The van der Waals surface area contributed by atoms with Crippen LogP contribution < -0.4 is 4.74 Å². The molecule has 2 aromatic rings. The maximum Gasteiger partial charge on any atom is 0.152 e. The number of rotatable bonds is 1. The molecule has 1 aliphatic heterocycles. The monoisotopic (exact) mass is 402 g/mol. The molecule has 0 spiro atoms. The van der Waals surface area contributed by atoms with E-state index >= 15 is 0 Å². The fourth-order valence-corrected chi connectivity index (χ4v) is 3.77. The topological polar surface area (TPSA) is 110 Å². The first-order valence-electron chi connectivity index (χ1n) is 9.68. The van der Waals surface area contributed by atoms with Crippen LogP contribution in [0.15, 0.2) is 24.3 Å². The van der Waals surface area contributed by atoms with Gasteiger partial charge in [-0.05, 0) is 39.7 Å². The van der Waals surface area contributed by atoms with Crippen LogP contribution in [0.5, 0.6) is 23.0 Å². The number of aromatic hydroxyl groups is 3. The summed E-state index contributed by atoms with van der Waals surface area (Å²) in [5.74, 6) is -0.246. The van der Waals surface area contributed by atoms with Gasteiger partial charge in [0.2, 0.25) is 0 Å². The molecule has 0 aliphatic carbocycles. The van der Waals surface area contributed by atoms with E-state index in [0.717, 1.165) is 6.07 Å². The third-order valence-electron chi connectivity index (χ3n) is 5.37. The van der Waals surface area contributed by atoms with Gasteiger partial charge >= 0.3 is 0 Å². The van der Waals surface area contributed by atoms with Crippen LogP contribution in [0, 0.1) is 0 Å². The molecular formula is C23H30O6. The van der Waals surface area contributed by atoms with E-state index in [1.807, 2.05) is 41.5 Å². The highest BCUT2D eigenvalue weighted by atomic mass is 16.5. The predicted molar refractivity (Wildman–Crippen MR) is 110 cm³/mol. The Bertz CT molecular complexity index is 901. The summed E-state index contributed by atoms with van der Waals surface area (Å²) in [4.78, 5) is 0. The minimum absolute atomic E-state index is 0.0393. The fourth-order valence-electron chi connectivity index (χ4n) is 3.77. The molecule has 0 radical (unpaired) electrons. The van der Waals surface area contributed by atoms with E-state index in [4.69, 9.17) is 4.74 Å². The van der Waals surface area contributed by atoms with Crippen molar-refractivity contribution >= 4 is 0 Å². The SMILES string of the molecule is CC(C)(C)c1cc(C2Oc3cc(O)cc(O)c3[C@H](O)[C@H]2O)cc(C(C)(C)C)c1O. The number of benzene rings is 2. The lowest BCUT2D eigenvalue weighted by molar-refractivity contribution is -0.0711. The number of aliphatic hydroxyl groups is 2. The van der Waals surface area contributed by atoms with Gasteiger partial charge in [0.25, 0.3) is 0 Å². The molecule has 1 heterocycles. The molecule has 3 rings (SSSR count). The van der Waals surface area contributed by atoms with Gasteiger partial charge in [-0.25, -0.2) is 0 Å². The van der Waals surface area contributed by atoms with Crippen LogP contribution in [-0.2, 0) is 10.8 Å². The summed E-state index contributed by atoms with van der Waals surface area (Å²) in [5.41, 5.74) is 1.30. The first kappa shape index (κ1) is 21.3. The molecule has 5 N–H and O–H groups in total. The highest BCUT2D eigenvalue weighted by molar-refractivity contribution is 5.54. The Kier molecular flexibility index (Phi) is 5.00. The van der Waals surface area contributed by atoms with Crippen LogP contribution in [0.2, 0.25) is 0 Å². The average molecular weight is 402 g/mol.